The number of carbonyl (C=O) groups excluding carboxylic acids is 1. The second-order valence-electron chi connectivity index (χ2n) is 2.76. The van der Waals surface area contributed by atoms with Crippen LogP contribution in [0.2, 0.25) is 0 Å². The second kappa shape index (κ2) is 2.09. The third-order valence-corrected chi connectivity index (χ3v) is 1.95. The largest absolute Gasteiger partial charge is 0.317 e. The summed E-state index contributed by atoms with van der Waals surface area (Å²) < 4.78 is 0. The van der Waals surface area contributed by atoms with Gasteiger partial charge in [0.1, 0.15) is 0 Å². The molecule has 0 saturated heterocycles. The highest BCUT2D eigenvalue weighted by Gasteiger charge is 2.23. The van der Waals surface area contributed by atoms with Gasteiger partial charge in [0, 0.05) is 24.4 Å². The summed E-state index contributed by atoms with van der Waals surface area (Å²) in [5.74, 6) is 0.115. The van der Waals surface area contributed by atoms with E-state index in [1.54, 1.807) is 11.9 Å². The van der Waals surface area contributed by atoms with Gasteiger partial charge >= 0.3 is 0 Å². The minimum atomic E-state index is 0.115. The normalized spacial score (nSPS) is 21.5. The van der Waals surface area contributed by atoms with Gasteiger partial charge < -0.3 is 4.90 Å². The highest BCUT2D eigenvalue weighted by atomic mass is 16.2. The summed E-state index contributed by atoms with van der Waals surface area (Å²) in [7, 11) is 1.78. The molecule has 0 fully saturated rings. The lowest BCUT2D eigenvalue weighted by Gasteiger charge is -2.04. The summed E-state index contributed by atoms with van der Waals surface area (Å²) >= 11 is 0. The van der Waals surface area contributed by atoms with Gasteiger partial charge in [-0.2, -0.15) is 0 Å². The van der Waals surface area contributed by atoms with Gasteiger partial charge in [0.25, 0.3) is 5.91 Å². The average Bonchev–Trinajstić information content (AvgIpc) is 2.30. The van der Waals surface area contributed by atoms with Gasteiger partial charge in [-0.3, -0.25) is 4.79 Å². The monoisotopic (exact) mass is 147 g/mol. The summed E-state index contributed by atoms with van der Waals surface area (Å²) in [5, 5.41) is 0. The topological polar surface area (TPSA) is 20.3 Å². The van der Waals surface area contributed by atoms with Gasteiger partial charge in [-0.25, -0.2) is 0 Å². The van der Waals surface area contributed by atoms with Crippen LogP contribution in [-0.2, 0) is 4.79 Å². The predicted octanol–water partition coefficient (Wildman–Crippen LogP) is 1.23. The zero-order valence-electron chi connectivity index (χ0n) is 6.37. The molecule has 1 amide bonds. The van der Waals surface area contributed by atoms with Crippen molar-refractivity contribution in [2.75, 3.05) is 7.05 Å². The zero-order chi connectivity index (χ0) is 7.84. The van der Waals surface area contributed by atoms with Crippen molar-refractivity contribution in [3.63, 3.8) is 0 Å². The number of nitrogens with zero attached hydrogens (tertiary/aromatic N) is 1. The fraction of sp³-hybridized carbons (Fsp3) is 0.222. The van der Waals surface area contributed by atoms with Gasteiger partial charge in [0.05, 0.1) is 0 Å². The molecule has 1 aliphatic carbocycles. The molecule has 2 nitrogen and oxygen atoms in total. The molecule has 0 bridgehead atoms. The maximum Gasteiger partial charge on any atom is 0.257 e. The molecule has 0 radical (unpaired) electrons. The summed E-state index contributed by atoms with van der Waals surface area (Å²) in [4.78, 5) is 12.9. The van der Waals surface area contributed by atoms with Crippen LogP contribution in [0.1, 0.15) is 6.42 Å². The van der Waals surface area contributed by atoms with Crippen molar-refractivity contribution in [1.29, 1.82) is 0 Å². The third-order valence-electron chi connectivity index (χ3n) is 1.95. The number of carbonyl (C=O) groups is 1. The van der Waals surface area contributed by atoms with Crippen molar-refractivity contribution in [2.24, 2.45) is 0 Å². The highest BCUT2D eigenvalue weighted by Crippen LogP contribution is 2.25. The average molecular weight is 147 g/mol. The summed E-state index contributed by atoms with van der Waals surface area (Å²) in [6.07, 6.45) is 8.77. The summed E-state index contributed by atoms with van der Waals surface area (Å²) in [6, 6.07) is 0. The van der Waals surface area contributed by atoms with Crippen LogP contribution in [0, 0.1) is 0 Å². The standard InChI is InChI=1S/C9H9NO/c1-10-6-7-4-2-3-5-8(7)9(10)11/h2,4-6H,3H2,1H3. The van der Waals surface area contributed by atoms with Crippen LogP contribution >= 0.6 is 0 Å². The number of likely N-dealkylation sites (N-methyl/N-ethyl adjacent to an activating group) is 1. The van der Waals surface area contributed by atoms with Crippen LogP contribution in [0.25, 0.3) is 0 Å². The van der Waals surface area contributed by atoms with Crippen molar-refractivity contribution in [1.82, 2.24) is 4.90 Å². The minimum Gasteiger partial charge on any atom is -0.317 e. The van der Waals surface area contributed by atoms with E-state index in [2.05, 4.69) is 6.08 Å². The smallest absolute Gasteiger partial charge is 0.257 e. The van der Waals surface area contributed by atoms with E-state index >= 15 is 0 Å². The number of fused-ring (bicyclic) bond motifs is 1. The number of allylic oxidation sites excluding steroid dienone is 3. The first-order chi connectivity index (χ1) is 5.29. The molecule has 0 unspecified atom stereocenters. The van der Waals surface area contributed by atoms with Gasteiger partial charge in [0.15, 0.2) is 0 Å². The summed E-state index contributed by atoms with van der Waals surface area (Å²) in [6.45, 7) is 0. The Morgan fingerprint density at radius 2 is 2.36 bits per heavy atom. The van der Waals surface area contributed by atoms with E-state index in [0.29, 0.717) is 0 Å². The maximum atomic E-state index is 11.3. The third kappa shape index (κ3) is 0.827. The lowest BCUT2D eigenvalue weighted by Crippen LogP contribution is -2.16. The number of hydrogen-bond acceptors (Lipinski definition) is 1. The molecule has 0 atom stereocenters. The molecule has 2 heteroatoms. The first kappa shape index (κ1) is 6.40. The Hall–Kier alpha value is -1.31. The van der Waals surface area contributed by atoms with E-state index in [1.165, 1.54) is 0 Å². The molecule has 1 heterocycles. The molecule has 56 valence electrons. The Morgan fingerprint density at radius 3 is 3.09 bits per heavy atom. The fourth-order valence-electron chi connectivity index (χ4n) is 1.37. The van der Waals surface area contributed by atoms with Crippen molar-refractivity contribution in [2.45, 2.75) is 6.42 Å². The van der Waals surface area contributed by atoms with E-state index in [-0.39, 0.29) is 5.91 Å². The van der Waals surface area contributed by atoms with Crippen LogP contribution in [0.15, 0.2) is 35.6 Å². The van der Waals surface area contributed by atoms with E-state index in [0.717, 1.165) is 17.6 Å². The number of hydrogen-bond donors (Lipinski definition) is 0. The van der Waals surface area contributed by atoms with Crippen molar-refractivity contribution in [3.8, 4) is 0 Å². The van der Waals surface area contributed by atoms with E-state index in [9.17, 15) is 4.79 Å². The lowest BCUT2D eigenvalue weighted by molar-refractivity contribution is -0.122. The van der Waals surface area contributed by atoms with Gasteiger partial charge in [-0.1, -0.05) is 18.2 Å². The Kier molecular flexibility index (Phi) is 1.22. The molecule has 0 aromatic carbocycles. The Morgan fingerprint density at radius 1 is 1.55 bits per heavy atom. The minimum absolute atomic E-state index is 0.115. The molecule has 2 aliphatic rings. The van der Waals surface area contributed by atoms with Crippen molar-refractivity contribution >= 4 is 5.91 Å². The molecule has 11 heavy (non-hydrogen) atoms. The number of amides is 1. The van der Waals surface area contributed by atoms with E-state index in [4.69, 9.17) is 0 Å². The molecular weight excluding hydrogens is 138 g/mol. The first-order valence-corrected chi connectivity index (χ1v) is 3.65. The molecule has 0 aromatic rings. The van der Waals surface area contributed by atoms with Gasteiger partial charge in [-0.05, 0) is 6.42 Å². The van der Waals surface area contributed by atoms with Crippen LogP contribution in [0.3, 0.4) is 0 Å². The zero-order valence-corrected chi connectivity index (χ0v) is 6.37. The van der Waals surface area contributed by atoms with Crippen LogP contribution in [-0.4, -0.2) is 17.9 Å². The predicted molar refractivity (Wildman–Crippen MR) is 42.7 cm³/mol. The first-order valence-electron chi connectivity index (χ1n) is 3.65. The van der Waals surface area contributed by atoms with E-state index < -0.39 is 0 Å². The molecule has 0 spiro atoms. The van der Waals surface area contributed by atoms with Crippen molar-refractivity contribution < 1.29 is 4.79 Å². The second-order valence-corrected chi connectivity index (χ2v) is 2.76. The quantitative estimate of drug-likeness (QED) is 0.504. The Labute approximate surface area is 65.5 Å². The fourth-order valence-corrected chi connectivity index (χ4v) is 1.37. The van der Waals surface area contributed by atoms with Crippen LogP contribution < -0.4 is 0 Å². The van der Waals surface area contributed by atoms with E-state index in [1.807, 2.05) is 18.4 Å². The summed E-state index contributed by atoms with van der Waals surface area (Å²) in [5.41, 5.74) is 1.90. The Balaban J connectivity index is 2.45. The van der Waals surface area contributed by atoms with Crippen LogP contribution in [0.5, 0.6) is 0 Å². The molecule has 0 aromatic heterocycles. The van der Waals surface area contributed by atoms with Crippen molar-refractivity contribution in [3.05, 3.63) is 35.6 Å². The molecule has 1 aliphatic heterocycles. The lowest BCUT2D eigenvalue weighted by atomic mass is 10.0. The maximum absolute atomic E-state index is 11.3. The SMILES string of the molecule is CN1C=C2C=CCC=C2C1=O. The van der Waals surface area contributed by atoms with Crippen LogP contribution in [0.4, 0.5) is 0 Å². The molecular formula is C9H9NO. The molecule has 0 saturated carbocycles. The molecule has 2 rings (SSSR count). The van der Waals surface area contributed by atoms with Gasteiger partial charge in [-0.15, -0.1) is 0 Å². The molecule has 0 N–H and O–H groups in total. The number of rotatable bonds is 0. The Bertz CT molecular complexity index is 297. The van der Waals surface area contributed by atoms with Gasteiger partial charge in [0.2, 0.25) is 0 Å². The highest BCUT2D eigenvalue weighted by molar-refractivity contribution is 6.02.